The number of ether oxygens (including phenoxy) is 1. The van der Waals surface area contributed by atoms with Crippen molar-refractivity contribution in [2.24, 2.45) is 11.7 Å². The maximum absolute atomic E-state index is 11.9. The Balaban J connectivity index is 2.51. The first-order valence-electron chi connectivity index (χ1n) is 8.01. The SMILES string of the molecule is CC(C)CCNC(=O)COC(=O)CC(NC(N)=O)c1ccc(Cl)cc1. The van der Waals surface area contributed by atoms with E-state index in [1.165, 1.54) is 0 Å². The van der Waals surface area contributed by atoms with Crippen LogP contribution in [0.2, 0.25) is 5.02 Å². The predicted molar refractivity (Wildman–Crippen MR) is 95.0 cm³/mol. The van der Waals surface area contributed by atoms with Gasteiger partial charge in [-0.1, -0.05) is 37.6 Å². The maximum Gasteiger partial charge on any atom is 0.312 e. The molecule has 0 saturated carbocycles. The second-order valence-corrected chi connectivity index (χ2v) is 6.45. The highest BCUT2D eigenvalue weighted by Gasteiger charge is 2.19. The fourth-order valence-corrected chi connectivity index (χ4v) is 2.17. The maximum atomic E-state index is 11.9. The number of benzene rings is 1. The van der Waals surface area contributed by atoms with Gasteiger partial charge in [0.2, 0.25) is 0 Å². The van der Waals surface area contributed by atoms with Gasteiger partial charge in [-0.2, -0.15) is 0 Å². The summed E-state index contributed by atoms with van der Waals surface area (Å²) in [6.07, 6.45) is 0.699. The summed E-state index contributed by atoms with van der Waals surface area (Å²) >= 11 is 5.83. The van der Waals surface area contributed by atoms with Gasteiger partial charge in [-0.15, -0.1) is 0 Å². The highest BCUT2D eigenvalue weighted by molar-refractivity contribution is 6.30. The molecule has 0 aromatic heterocycles. The van der Waals surface area contributed by atoms with E-state index < -0.39 is 18.0 Å². The molecule has 1 atom stereocenters. The van der Waals surface area contributed by atoms with Crippen LogP contribution in [-0.4, -0.2) is 31.1 Å². The molecule has 4 N–H and O–H groups in total. The quantitative estimate of drug-likeness (QED) is 0.579. The molecule has 0 aliphatic rings. The monoisotopic (exact) mass is 369 g/mol. The van der Waals surface area contributed by atoms with E-state index in [1.54, 1.807) is 24.3 Å². The summed E-state index contributed by atoms with van der Waals surface area (Å²) in [6.45, 7) is 4.27. The highest BCUT2D eigenvalue weighted by Crippen LogP contribution is 2.19. The molecule has 25 heavy (non-hydrogen) atoms. The van der Waals surface area contributed by atoms with Gasteiger partial charge in [0.05, 0.1) is 12.5 Å². The summed E-state index contributed by atoms with van der Waals surface area (Å²) in [5.41, 5.74) is 5.80. The van der Waals surface area contributed by atoms with E-state index in [1.807, 2.05) is 0 Å². The van der Waals surface area contributed by atoms with Crippen molar-refractivity contribution in [3.8, 4) is 0 Å². The average molecular weight is 370 g/mol. The topological polar surface area (TPSA) is 111 Å². The van der Waals surface area contributed by atoms with Gasteiger partial charge < -0.3 is 21.1 Å². The highest BCUT2D eigenvalue weighted by atomic mass is 35.5. The van der Waals surface area contributed by atoms with Crippen LogP contribution in [0.1, 0.15) is 38.3 Å². The molecular formula is C17H24ClN3O4. The van der Waals surface area contributed by atoms with Crippen molar-refractivity contribution in [2.75, 3.05) is 13.2 Å². The number of nitrogens with two attached hydrogens (primary N) is 1. The van der Waals surface area contributed by atoms with Crippen LogP contribution in [-0.2, 0) is 14.3 Å². The Labute approximate surface area is 152 Å². The Hall–Kier alpha value is -2.28. The second kappa shape index (κ2) is 10.6. The Morgan fingerprint density at radius 2 is 1.84 bits per heavy atom. The van der Waals surface area contributed by atoms with Gasteiger partial charge in [-0.25, -0.2) is 4.79 Å². The number of urea groups is 1. The smallest absolute Gasteiger partial charge is 0.312 e. The average Bonchev–Trinajstić information content (AvgIpc) is 2.52. The minimum Gasteiger partial charge on any atom is -0.456 e. The molecule has 1 unspecified atom stereocenters. The molecule has 0 fully saturated rings. The zero-order valence-corrected chi connectivity index (χ0v) is 15.1. The van der Waals surface area contributed by atoms with Crippen LogP contribution in [0.5, 0.6) is 0 Å². The van der Waals surface area contributed by atoms with Crippen LogP contribution in [0.4, 0.5) is 4.79 Å². The zero-order chi connectivity index (χ0) is 18.8. The van der Waals surface area contributed by atoms with Crippen molar-refractivity contribution in [2.45, 2.75) is 32.7 Å². The molecule has 0 aliphatic carbocycles. The first-order valence-corrected chi connectivity index (χ1v) is 8.39. The lowest BCUT2D eigenvalue weighted by atomic mass is 10.0. The fourth-order valence-electron chi connectivity index (χ4n) is 2.04. The first-order chi connectivity index (χ1) is 11.8. The van der Waals surface area contributed by atoms with Crippen LogP contribution >= 0.6 is 11.6 Å². The summed E-state index contributed by atoms with van der Waals surface area (Å²) in [5.74, 6) is -0.504. The van der Waals surface area contributed by atoms with E-state index in [4.69, 9.17) is 22.1 Å². The van der Waals surface area contributed by atoms with Crippen LogP contribution in [0.15, 0.2) is 24.3 Å². The first kappa shape index (κ1) is 20.8. The zero-order valence-electron chi connectivity index (χ0n) is 14.4. The van der Waals surface area contributed by atoms with E-state index in [0.717, 1.165) is 6.42 Å². The number of hydrogen-bond donors (Lipinski definition) is 3. The van der Waals surface area contributed by atoms with Gasteiger partial charge >= 0.3 is 12.0 Å². The summed E-state index contributed by atoms with van der Waals surface area (Å²) in [4.78, 5) is 34.7. The van der Waals surface area contributed by atoms with Crippen LogP contribution in [0, 0.1) is 5.92 Å². The Morgan fingerprint density at radius 1 is 1.20 bits per heavy atom. The van der Waals surface area contributed by atoms with Crippen LogP contribution < -0.4 is 16.4 Å². The number of halogens is 1. The second-order valence-electron chi connectivity index (χ2n) is 6.01. The Bertz CT molecular complexity index is 590. The molecule has 8 heteroatoms. The van der Waals surface area contributed by atoms with E-state index in [2.05, 4.69) is 24.5 Å². The summed E-state index contributed by atoms with van der Waals surface area (Å²) in [6, 6.07) is 5.20. The van der Waals surface area contributed by atoms with Gasteiger partial charge in [0.15, 0.2) is 6.61 Å². The third-order valence-corrected chi connectivity index (χ3v) is 3.62. The minimum atomic E-state index is -0.765. The lowest BCUT2D eigenvalue weighted by Gasteiger charge is -2.17. The van der Waals surface area contributed by atoms with Gasteiger partial charge in [0.25, 0.3) is 5.91 Å². The third-order valence-electron chi connectivity index (χ3n) is 3.37. The van der Waals surface area contributed by atoms with Crippen molar-refractivity contribution >= 4 is 29.5 Å². The fraction of sp³-hybridized carbons (Fsp3) is 0.471. The van der Waals surface area contributed by atoms with Gasteiger partial charge in [-0.3, -0.25) is 9.59 Å². The number of carbonyl (C=O) groups excluding carboxylic acids is 3. The molecule has 0 heterocycles. The van der Waals surface area contributed by atoms with Crippen LogP contribution in [0.3, 0.4) is 0 Å². The standard InChI is InChI=1S/C17H24ClN3O4/c1-11(2)7-8-20-15(22)10-25-16(23)9-14(21-17(19)24)12-3-5-13(18)6-4-12/h3-6,11,14H,7-10H2,1-2H3,(H,20,22)(H3,19,21,24). The number of nitrogens with one attached hydrogen (secondary N) is 2. The van der Waals surface area contributed by atoms with Gasteiger partial charge in [-0.05, 0) is 30.0 Å². The lowest BCUT2D eigenvalue weighted by Crippen LogP contribution is -2.35. The number of carbonyl (C=O) groups is 3. The molecule has 1 aromatic rings. The lowest BCUT2D eigenvalue weighted by molar-refractivity contribution is -0.149. The largest absolute Gasteiger partial charge is 0.456 e. The summed E-state index contributed by atoms with van der Waals surface area (Å²) < 4.78 is 4.95. The molecule has 0 spiro atoms. The summed E-state index contributed by atoms with van der Waals surface area (Å²) in [7, 11) is 0. The van der Waals surface area contributed by atoms with Crippen molar-refractivity contribution in [3.63, 3.8) is 0 Å². The van der Waals surface area contributed by atoms with Crippen LogP contribution in [0.25, 0.3) is 0 Å². The number of hydrogen-bond acceptors (Lipinski definition) is 4. The molecule has 0 aliphatic heterocycles. The molecule has 138 valence electrons. The normalized spacial score (nSPS) is 11.7. The third kappa shape index (κ3) is 8.95. The van der Waals surface area contributed by atoms with E-state index in [0.29, 0.717) is 23.0 Å². The minimum absolute atomic E-state index is 0.149. The van der Waals surface area contributed by atoms with E-state index >= 15 is 0 Å². The van der Waals surface area contributed by atoms with Gasteiger partial charge in [0, 0.05) is 11.6 Å². The molecule has 7 nitrogen and oxygen atoms in total. The Morgan fingerprint density at radius 3 is 2.40 bits per heavy atom. The van der Waals surface area contributed by atoms with Crippen molar-refractivity contribution in [3.05, 3.63) is 34.9 Å². The van der Waals surface area contributed by atoms with Crippen molar-refractivity contribution < 1.29 is 19.1 Å². The molecule has 1 rings (SSSR count). The number of amides is 3. The molecular weight excluding hydrogens is 346 g/mol. The number of primary amides is 1. The number of rotatable bonds is 9. The summed E-state index contributed by atoms with van der Waals surface area (Å²) in [5, 5.41) is 5.68. The van der Waals surface area contributed by atoms with E-state index in [-0.39, 0.29) is 18.9 Å². The molecule has 0 saturated heterocycles. The van der Waals surface area contributed by atoms with E-state index in [9.17, 15) is 14.4 Å². The molecule has 0 bridgehead atoms. The van der Waals surface area contributed by atoms with Gasteiger partial charge in [0.1, 0.15) is 0 Å². The molecule has 0 radical (unpaired) electrons. The van der Waals surface area contributed by atoms with Crippen molar-refractivity contribution in [1.29, 1.82) is 0 Å². The molecule has 1 aromatic carbocycles. The number of esters is 1. The predicted octanol–water partition coefficient (Wildman–Crippen LogP) is 2.14. The molecule has 3 amide bonds. The Kier molecular flexibility index (Phi) is 8.77. The van der Waals surface area contributed by atoms with Crippen molar-refractivity contribution in [1.82, 2.24) is 10.6 Å².